The van der Waals surface area contributed by atoms with Crippen molar-refractivity contribution in [1.82, 2.24) is 31.1 Å². The molecule has 2 aromatic rings. The van der Waals surface area contributed by atoms with E-state index in [1.165, 1.54) is 31.4 Å². The minimum atomic E-state index is -0.875. The van der Waals surface area contributed by atoms with Crippen molar-refractivity contribution in [1.29, 1.82) is 0 Å². The normalized spacial score (nSPS) is 26.8. The Balaban J connectivity index is 1.16. The molecule has 16 nitrogen and oxygen atoms in total. The number of ether oxygens (including phenoxy) is 2. The van der Waals surface area contributed by atoms with Crippen LogP contribution in [0.3, 0.4) is 0 Å². The standard InChI is InChI=1S/C42H58N8O8S2/c1-23(43-7)35(51)47-27-17-19-57-31-21-41(3,4)33(49(31)39(27)55)37(53)45-25-13-9-11-15-29(25)59-60-30-16-12-10-14-26(30)46-38(54)34-42(5,6)22-32-50(34)40(56)28(18-20-58-32)48-36(52)24(2)44-8/h9-16,23-24,27-28,31-34,43-44H,17-22H2,1-8H3,(H,45,53)(H,46,54)(H,47,51)(H,48,52)/t23-,24-,27-,28-,31-,32-,33?,34?/m0/s1. The highest BCUT2D eigenvalue weighted by Crippen LogP contribution is 2.47. The molecule has 4 saturated heterocycles. The van der Waals surface area contributed by atoms with Crippen LogP contribution in [0.4, 0.5) is 11.4 Å². The first-order valence-corrected chi connectivity index (χ1v) is 22.6. The van der Waals surface area contributed by atoms with Crippen molar-refractivity contribution in [3.05, 3.63) is 48.5 Å². The van der Waals surface area contributed by atoms with Crippen LogP contribution < -0.4 is 31.9 Å². The SMILES string of the molecule is CN[C@@H](C)C(=O)N[C@H]1CCO[C@H]2CC(C)(C)C(C(=O)Nc3ccccc3SSc3ccccc3NC(=O)C3N4C(=O)[C@@H](NC(=O)[C@H](C)NC)CCO[C@H]4CC3(C)C)N2C1=O. The van der Waals surface area contributed by atoms with Crippen LogP contribution >= 0.6 is 21.6 Å². The second kappa shape index (κ2) is 18.8. The van der Waals surface area contributed by atoms with Gasteiger partial charge in [-0.3, -0.25) is 28.8 Å². The fourth-order valence-electron chi connectivity index (χ4n) is 8.34. The van der Waals surface area contributed by atoms with Crippen molar-refractivity contribution in [3.8, 4) is 0 Å². The molecule has 6 rings (SSSR count). The van der Waals surface area contributed by atoms with Gasteiger partial charge >= 0.3 is 0 Å². The van der Waals surface area contributed by atoms with Gasteiger partial charge in [0.1, 0.15) is 36.6 Å². The highest BCUT2D eigenvalue weighted by atomic mass is 33.1. The van der Waals surface area contributed by atoms with Gasteiger partial charge in [0, 0.05) is 22.6 Å². The van der Waals surface area contributed by atoms with E-state index in [2.05, 4.69) is 31.9 Å². The molecule has 0 spiro atoms. The summed E-state index contributed by atoms with van der Waals surface area (Å²) in [6.07, 6.45) is 0.259. The molecule has 0 aromatic heterocycles. The van der Waals surface area contributed by atoms with Crippen molar-refractivity contribution < 1.29 is 38.2 Å². The second-order valence-corrected chi connectivity index (χ2v) is 19.4. The van der Waals surface area contributed by atoms with E-state index in [1.54, 1.807) is 40.1 Å². The van der Waals surface area contributed by atoms with Crippen LogP contribution in [0.15, 0.2) is 58.3 Å². The van der Waals surface area contributed by atoms with Crippen molar-refractivity contribution in [3.63, 3.8) is 0 Å². The van der Waals surface area contributed by atoms with E-state index >= 15 is 0 Å². The number of amides is 6. The zero-order valence-corrected chi connectivity index (χ0v) is 37.1. The summed E-state index contributed by atoms with van der Waals surface area (Å²) in [6.45, 7) is 11.7. The van der Waals surface area contributed by atoms with Gasteiger partial charge in [0.25, 0.3) is 0 Å². The lowest BCUT2D eigenvalue weighted by atomic mass is 9.83. The molecule has 0 radical (unpaired) electrons. The predicted octanol–water partition coefficient (Wildman–Crippen LogP) is 3.30. The highest BCUT2D eigenvalue weighted by molar-refractivity contribution is 8.76. The summed E-state index contributed by atoms with van der Waals surface area (Å²) in [4.78, 5) is 86.6. The summed E-state index contributed by atoms with van der Waals surface area (Å²) in [7, 11) is 6.12. The number of carbonyl (C=O) groups excluding carboxylic acids is 6. The van der Waals surface area contributed by atoms with Crippen LogP contribution in [-0.4, -0.2) is 121 Å². The van der Waals surface area contributed by atoms with E-state index in [9.17, 15) is 28.8 Å². The molecule has 4 aliphatic heterocycles. The number of fused-ring (bicyclic) bond motifs is 2. The molecular formula is C42H58N8O8S2. The number of benzene rings is 2. The molecule has 18 heteroatoms. The number of likely N-dealkylation sites (N-methyl/N-ethyl adjacent to an activating group) is 2. The van der Waals surface area contributed by atoms with Crippen LogP contribution in [0.1, 0.15) is 67.2 Å². The van der Waals surface area contributed by atoms with Crippen LogP contribution in [-0.2, 0) is 38.2 Å². The summed E-state index contributed by atoms with van der Waals surface area (Å²) < 4.78 is 12.2. The zero-order valence-electron chi connectivity index (χ0n) is 35.5. The first-order chi connectivity index (χ1) is 28.5. The Hall–Kier alpha value is -4.20. The Morgan fingerprint density at radius 3 is 1.38 bits per heavy atom. The maximum atomic E-state index is 14.3. The lowest BCUT2D eigenvalue weighted by Crippen LogP contribution is -2.57. The van der Waals surface area contributed by atoms with E-state index in [-0.39, 0.29) is 48.7 Å². The number of nitrogens with zero attached hydrogens (tertiary/aromatic N) is 2. The second-order valence-electron chi connectivity index (χ2n) is 17.2. The third-order valence-electron chi connectivity index (χ3n) is 11.9. The molecule has 4 heterocycles. The van der Waals surface area contributed by atoms with Gasteiger partial charge in [-0.2, -0.15) is 0 Å². The average molecular weight is 867 g/mol. The van der Waals surface area contributed by atoms with E-state index < -0.39 is 59.5 Å². The van der Waals surface area contributed by atoms with Gasteiger partial charge < -0.3 is 51.2 Å². The number of carbonyl (C=O) groups is 6. The number of rotatable bonds is 13. The van der Waals surface area contributed by atoms with Gasteiger partial charge in [0.2, 0.25) is 35.4 Å². The minimum Gasteiger partial charge on any atom is -0.358 e. The molecule has 0 bridgehead atoms. The number of para-hydroxylation sites is 2. The Labute approximate surface area is 359 Å². The van der Waals surface area contributed by atoms with Crippen LogP contribution in [0, 0.1) is 10.8 Å². The Bertz CT molecular complexity index is 1830. The highest BCUT2D eigenvalue weighted by Gasteiger charge is 2.56. The van der Waals surface area contributed by atoms with Gasteiger partial charge in [-0.25, -0.2) is 0 Å². The summed E-state index contributed by atoms with van der Waals surface area (Å²) >= 11 is 0. The number of nitrogens with one attached hydrogen (secondary N) is 6. The molecule has 0 aliphatic carbocycles. The molecule has 6 amide bonds. The largest absolute Gasteiger partial charge is 0.358 e. The van der Waals surface area contributed by atoms with E-state index in [1.807, 2.05) is 64.1 Å². The smallest absolute Gasteiger partial charge is 0.247 e. The van der Waals surface area contributed by atoms with Crippen molar-refractivity contribution in [2.24, 2.45) is 10.8 Å². The van der Waals surface area contributed by atoms with Crippen LogP contribution in [0.25, 0.3) is 0 Å². The first kappa shape index (κ1) is 45.3. The summed E-state index contributed by atoms with van der Waals surface area (Å²) in [5.41, 5.74) is -0.192. The Kier molecular flexibility index (Phi) is 14.2. The molecule has 4 aliphatic rings. The molecule has 60 heavy (non-hydrogen) atoms. The molecule has 326 valence electrons. The Morgan fingerprint density at radius 1 is 0.650 bits per heavy atom. The maximum Gasteiger partial charge on any atom is 0.247 e. The quantitative estimate of drug-likeness (QED) is 0.161. The summed E-state index contributed by atoms with van der Waals surface area (Å²) in [5, 5.41) is 17.6. The van der Waals surface area contributed by atoms with Crippen molar-refractivity contribution in [2.75, 3.05) is 37.9 Å². The van der Waals surface area contributed by atoms with Crippen LogP contribution in [0.2, 0.25) is 0 Å². The molecule has 2 aromatic carbocycles. The van der Waals surface area contributed by atoms with Crippen molar-refractivity contribution in [2.45, 2.75) is 126 Å². The fraction of sp³-hybridized carbons (Fsp3) is 0.571. The lowest BCUT2D eigenvalue weighted by molar-refractivity contribution is -0.148. The van der Waals surface area contributed by atoms with E-state index in [0.29, 0.717) is 37.1 Å². The Morgan fingerprint density at radius 2 is 1.02 bits per heavy atom. The average Bonchev–Trinajstić information content (AvgIpc) is 3.53. The topological polar surface area (TPSA) is 200 Å². The molecule has 4 fully saturated rings. The minimum absolute atomic E-state index is 0.259. The van der Waals surface area contributed by atoms with Gasteiger partial charge in [-0.15, -0.1) is 0 Å². The summed E-state index contributed by atoms with van der Waals surface area (Å²) in [5.74, 6) is -2.08. The van der Waals surface area contributed by atoms with Crippen LogP contribution in [0.5, 0.6) is 0 Å². The molecule has 8 atom stereocenters. The fourth-order valence-corrected chi connectivity index (χ4v) is 10.6. The van der Waals surface area contributed by atoms with E-state index in [0.717, 1.165) is 9.79 Å². The first-order valence-electron chi connectivity index (χ1n) is 20.4. The van der Waals surface area contributed by atoms with Gasteiger partial charge in [0.05, 0.1) is 36.7 Å². The number of hydrogen-bond acceptors (Lipinski definition) is 12. The van der Waals surface area contributed by atoms with Gasteiger partial charge in [-0.1, -0.05) is 73.5 Å². The number of hydrogen-bond donors (Lipinski definition) is 6. The van der Waals surface area contributed by atoms with Gasteiger partial charge in [-0.05, 0) is 75.9 Å². The van der Waals surface area contributed by atoms with Gasteiger partial charge in [0.15, 0.2) is 0 Å². The zero-order chi connectivity index (χ0) is 43.5. The summed E-state index contributed by atoms with van der Waals surface area (Å²) in [6, 6.07) is 10.3. The molecular weight excluding hydrogens is 809 g/mol. The predicted molar refractivity (Wildman–Crippen MR) is 230 cm³/mol. The molecule has 2 unspecified atom stereocenters. The lowest BCUT2D eigenvalue weighted by Gasteiger charge is -2.34. The molecule has 0 saturated carbocycles. The van der Waals surface area contributed by atoms with Crippen molar-refractivity contribution >= 4 is 68.4 Å². The molecule has 6 N–H and O–H groups in total. The van der Waals surface area contributed by atoms with E-state index in [4.69, 9.17) is 9.47 Å². The third kappa shape index (κ3) is 9.63. The third-order valence-corrected chi connectivity index (χ3v) is 14.4. The maximum absolute atomic E-state index is 14.3. The number of anilines is 2. The monoisotopic (exact) mass is 866 g/mol.